The first-order valence-corrected chi connectivity index (χ1v) is 5.91. The second-order valence-corrected chi connectivity index (χ2v) is 4.43. The van der Waals surface area contributed by atoms with Crippen LogP contribution < -0.4 is 0 Å². The Morgan fingerprint density at radius 2 is 2.00 bits per heavy atom. The highest BCUT2D eigenvalue weighted by Gasteiger charge is 2.33. The van der Waals surface area contributed by atoms with Gasteiger partial charge in [-0.25, -0.2) is 4.99 Å². The lowest BCUT2D eigenvalue weighted by Gasteiger charge is -2.10. The monoisotopic (exact) mass is 267 g/mol. The molecule has 1 aromatic carbocycles. The summed E-state index contributed by atoms with van der Waals surface area (Å²) in [7, 11) is 0. The van der Waals surface area contributed by atoms with E-state index in [0.717, 1.165) is 6.07 Å². The number of nitrogens with zero attached hydrogens (tertiary/aromatic N) is 1. The molecule has 0 heterocycles. The molecule has 1 rings (SSSR count). The van der Waals surface area contributed by atoms with E-state index in [1.807, 2.05) is 0 Å². The lowest BCUT2D eigenvalue weighted by Crippen LogP contribution is -2.05. The van der Waals surface area contributed by atoms with Crippen molar-refractivity contribution in [2.75, 3.05) is 6.26 Å². The van der Waals surface area contributed by atoms with Gasteiger partial charge in [-0.05, 0) is 31.4 Å². The fourth-order valence-electron chi connectivity index (χ4n) is 1.05. The van der Waals surface area contributed by atoms with Gasteiger partial charge < -0.3 is 0 Å². The summed E-state index contributed by atoms with van der Waals surface area (Å²) in [6.07, 6.45) is -2.67. The van der Waals surface area contributed by atoms with E-state index in [4.69, 9.17) is 11.6 Å². The number of benzene rings is 1. The molecular weight excluding hydrogens is 259 g/mol. The van der Waals surface area contributed by atoms with Crippen molar-refractivity contribution >= 4 is 34.1 Å². The van der Waals surface area contributed by atoms with Gasteiger partial charge in [0.05, 0.1) is 16.3 Å². The number of rotatable bonds is 1. The molecule has 0 fully saturated rings. The highest BCUT2D eigenvalue weighted by atomic mass is 35.5. The first-order valence-electron chi connectivity index (χ1n) is 4.30. The Bertz CT molecular complexity index is 415. The van der Waals surface area contributed by atoms with Gasteiger partial charge in [-0.2, -0.15) is 13.2 Å². The van der Waals surface area contributed by atoms with Crippen LogP contribution in [0.25, 0.3) is 0 Å². The second kappa shape index (κ2) is 5.10. The molecule has 16 heavy (non-hydrogen) atoms. The zero-order valence-corrected chi connectivity index (χ0v) is 10.2. The minimum absolute atomic E-state index is 0.146. The van der Waals surface area contributed by atoms with Gasteiger partial charge >= 0.3 is 6.18 Å². The third-order valence-corrected chi connectivity index (χ3v) is 2.76. The Morgan fingerprint density at radius 3 is 2.50 bits per heavy atom. The van der Waals surface area contributed by atoms with E-state index < -0.39 is 11.7 Å². The molecule has 0 aliphatic carbocycles. The van der Waals surface area contributed by atoms with E-state index in [1.54, 1.807) is 13.2 Å². The first kappa shape index (κ1) is 13.4. The molecule has 0 saturated heterocycles. The largest absolute Gasteiger partial charge is 0.418 e. The minimum Gasteiger partial charge on any atom is -0.246 e. The Kier molecular flexibility index (Phi) is 4.27. The molecular formula is C10H9ClF3NS. The first-order chi connectivity index (χ1) is 7.34. The summed E-state index contributed by atoms with van der Waals surface area (Å²) in [4.78, 5) is 3.88. The number of thioether (sulfide) groups is 1. The Balaban J connectivity index is 3.30. The van der Waals surface area contributed by atoms with E-state index in [1.165, 1.54) is 23.9 Å². The van der Waals surface area contributed by atoms with E-state index >= 15 is 0 Å². The number of alkyl halides is 3. The molecule has 0 N–H and O–H groups in total. The molecule has 0 atom stereocenters. The molecule has 88 valence electrons. The third kappa shape index (κ3) is 3.42. The van der Waals surface area contributed by atoms with Crippen molar-refractivity contribution in [3.8, 4) is 0 Å². The van der Waals surface area contributed by atoms with Crippen LogP contribution in [0.2, 0.25) is 5.02 Å². The molecule has 0 bridgehead atoms. The quantitative estimate of drug-likeness (QED) is 0.527. The average Bonchev–Trinajstić information content (AvgIpc) is 2.15. The summed E-state index contributed by atoms with van der Waals surface area (Å²) in [5, 5.41) is 0.786. The lowest BCUT2D eigenvalue weighted by molar-refractivity contribution is -0.137. The molecule has 0 spiro atoms. The van der Waals surface area contributed by atoms with E-state index in [0.29, 0.717) is 5.04 Å². The predicted octanol–water partition coefficient (Wildman–Crippen LogP) is 4.77. The van der Waals surface area contributed by atoms with Crippen LogP contribution in [0.3, 0.4) is 0 Å². The standard InChI is InChI=1S/C10H9ClF3NS/c1-6(16-2)15-9-5-7(11)3-4-8(9)10(12,13)14/h3-5H,1-2H3. The van der Waals surface area contributed by atoms with E-state index in [-0.39, 0.29) is 10.7 Å². The summed E-state index contributed by atoms with van der Waals surface area (Å²) in [5.74, 6) is 0. The Labute approximate surface area is 101 Å². The molecule has 6 heteroatoms. The van der Waals surface area contributed by atoms with Crippen LogP contribution in [0, 0.1) is 0 Å². The van der Waals surface area contributed by atoms with Gasteiger partial charge in [0.1, 0.15) is 0 Å². The van der Waals surface area contributed by atoms with E-state index in [9.17, 15) is 13.2 Å². The Morgan fingerprint density at radius 1 is 1.38 bits per heavy atom. The van der Waals surface area contributed by atoms with Gasteiger partial charge in [0.15, 0.2) is 0 Å². The third-order valence-electron chi connectivity index (χ3n) is 1.84. The van der Waals surface area contributed by atoms with Crippen LogP contribution in [-0.4, -0.2) is 11.3 Å². The van der Waals surface area contributed by atoms with Crippen LogP contribution in [-0.2, 0) is 6.18 Å². The molecule has 0 saturated carbocycles. The van der Waals surface area contributed by atoms with Crippen molar-refractivity contribution < 1.29 is 13.2 Å². The Hall–Kier alpha value is -0.680. The number of aliphatic imine (C=N–C) groups is 1. The number of hydrogen-bond acceptors (Lipinski definition) is 2. The van der Waals surface area contributed by atoms with E-state index in [2.05, 4.69) is 4.99 Å². The van der Waals surface area contributed by atoms with Gasteiger partial charge in [0, 0.05) is 5.02 Å². The maximum absolute atomic E-state index is 12.6. The van der Waals surface area contributed by atoms with Crippen molar-refractivity contribution in [3.05, 3.63) is 28.8 Å². The van der Waals surface area contributed by atoms with Gasteiger partial charge in [-0.3, -0.25) is 0 Å². The molecule has 0 aromatic heterocycles. The molecule has 0 amide bonds. The summed E-state index contributed by atoms with van der Waals surface area (Å²) < 4.78 is 37.8. The van der Waals surface area contributed by atoms with Crippen molar-refractivity contribution in [3.63, 3.8) is 0 Å². The molecule has 0 unspecified atom stereocenters. The zero-order valence-electron chi connectivity index (χ0n) is 8.60. The van der Waals surface area contributed by atoms with Gasteiger partial charge in [0.25, 0.3) is 0 Å². The van der Waals surface area contributed by atoms with Gasteiger partial charge in [-0.1, -0.05) is 11.6 Å². The maximum atomic E-state index is 12.6. The van der Waals surface area contributed by atoms with Crippen molar-refractivity contribution in [2.45, 2.75) is 13.1 Å². The predicted molar refractivity (Wildman–Crippen MR) is 62.7 cm³/mol. The van der Waals surface area contributed by atoms with Crippen molar-refractivity contribution in [1.82, 2.24) is 0 Å². The smallest absolute Gasteiger partial charge is 0.246 e. The number of hydrogen-bond donors (Lipinski definition) is 0. The summed E-state index contributed by atoms with van der Waals surface area (Å²) >= 11 is 6.93. The van der Waals surface area contributed by atoms with Crippen LogP contribution in [0.5, 0.6) is 0 Å². The summed E-state index contributed by atoms with van der Waals surface area (Å²) in [6, 6.07) is 3.36. The normalized spacial score (nSPS) is 13.0. The van der Waals surface area contributed by atoms with Crippen LogP contribution in [0.4, 0.5) is 18.9 Å². The number of halogens is 4. The SMILES string of the molecule is CSC(C)=Nc1cc(Cl)ccc1C(F)(F)F. The maximum Gasteiger partial charge on any atom is 0.418 e. The summed E-state index contributed by atoms with van der Waals surface area (Å²) in [6.45, 7) is 1.64. The lowest BCUT2D eigenvalue weighted by atomic mass is 10.2. The summed E-state index contributed by atoms with van der Waals surface area (Å²) in [5.41, 5.74) is -0.919. The zero-order chi connectivity index (χ0) is 12.3. The highest BCUT2D eigenvalue weighted by molar-refractivity contribution is 8.13. The molecule has 0 aliphatic rings. The van der Waals surface area contributed by atoms with Gasteiger partial charge in [-0.15, -0.1) is 11.8 Å². The van der Waals surface area contributed by atoms with Crippen molar-refractivity contribution in [2.24, 2.45) is 4.99 Å². The van der Waals surface area contributed by atoms with Crippen LogP contribution >= 0.6 is 23.4 Å². The van der Waals surface area contributed by atoms with Crippen LogP contribution in [0.1, 0.15) is 12.5 Å². The highest BCUT2D eigenvalue weighted by Crippen LogP contribution is 2.38. The molecule has 0 aliphatic heterocycles. The van der Waals surface area contributed by atoms with Crippen molar-refractivity contribution in [1.29, 1.82) is 0 Å². The van der Waals surface area contributed by atoms with Crippen LogP contribution in [0.15, 0.2) is 23.2 Å². The second-order valence-electron chi connectivity index (χ2n) is 2.99. The molecule has 1 nitrogen and oxygen atoms in total. The molecule has 1 aromatic rings. The fraction of sp³-hybridized carbons (Fsp3) is 0.300. The molecule has 0 radical (unpaired) electrons. The minimum atomic E-state index is -4.41. The van der Waals surface area contributed by atoms with Gasteiger partial charge in [0.2, 0.25) is 0 Å². The topological polar surface area (TPSA) is 12.4 Å². The fourth-order valence-corrected chi connectivity index (χ4v) is 1.41. The average molecular weight is 268 g/mol.